The number of hydrogen-bond donors (Lipinski definition) is 1. The highest BCUT2D eigenvalue weighted by atomic mass is 35.5. The number of para-hydroxylation sites is 1. The lowest BCUT2D eigenvalue weighted by Gasteiger charge is -2.22. The molecule has 0 aliphatic carbocycles. The number of carbonyl (C=O) groups is 1. The SMILES string of the molecule is CC(CC(=O)Nc1nc2c(Cl)cccc2s1)CC(C)(C)C. The van der Waals surface area contributed by atoms with E-state index >= 15 is 0 Å². The van der Waals surface area contributed by atoms with Crippen LogP contribution in [0.25, 0.3) is 10.2 Å². The first-order chi connectivity index (χ1) is 9.74. The number of thiazole rings is 1. The van der Waals surface area contributed by atoms with Gasteiger partial charge in [-0.3, -0.25) is 4.79 Å². The number of halogens is 1. The summed E-state index contributed by atoms with van der Waals surface area (Å²) in [6, 6.07) is 5.65. The first kappa shape index (κ1) is 16.2. The highest BCUT2D eigenvalue weighted by molar-refractivity contribution is 7.22. The minimum absolute atomic E-state index is 0.0157. The van der Waals surface area contributed by atoms with Crippen molar-refractivity contribution >= 4 is 44.2 Å². The van der Waals surface area contributed by atoms with Gasteiger partial charge in [-0.15, -0.1) is 0 Å². The standard InChI is InChI=1S/C16H21ClN2OS/c1-10(9-16(2,3)4)8-13(20)18-15-19-14-11(17)6-5-7-12(14)21-15/h5-7,10H,8-9H2,1-4H3,(H,18,19,20). The van der Waals surface area contributed by atoms with Crippen molar-refractivity contribution in [1.82, 2.24) is 4.98 Å². The Morgan fingerprint density at radius 3 is 2.76 bits per heavy atom. The van der Waals surface area contributed by atoms with Gasteiger partial charge >= 0.3 is 0 Å². The molecule has 114 valence electrons. The summed E-state index contributed by atoms with van der Waals surface area (Å²) in [6.07, 6.45) is 1.53. The average Bonchev–Trinajstić information content (AvgIpc) is 2.69. The predicted octanol–water partition coefficient (Wildman–Crippen LogP) is 5.35. The van der Waals surface area contributed by atoms with Crippen LogP contribution in [0.3, 0.4) is 0 Å². The molecule has 1 N–H and O–H groups in total. The number of fused-ring (bicyclic) bond motifs is 1. The van der Waals surface area contributed by atoms with Crippen molar-refractivity contribution in [2.45, 2.75) is 40.5 Å². The van der Waals surface area contributed by atoms with Gasteiger partial charge in [0.15, 0.2) is 5.13 Å². The topological polar surface area (TPSA) is 42.0 Å². The molecule has 21 heavy (non-hydrogen) atoms. The van der Waals surface area contributed by atoms with E-state index in [9.17, 15) is 4.79 Å². The van der Waals surface area contributed by atoms with Gasteiger partial charge in [0, 0.05) is 6.42 Å². The van der Waals surface area contributed by atoms with Crippen molar-refractivity contribution in [2.24, 2.45) is 11.3 Å². The van der Waals surface area contributed by atoms with Crippen LogP contribution in [0.1, 0.15) is 40.5 Å². The molecule has 0 aliphatic rings. The number of nitrogens with one attached hydrogen (secondary N) is 1. The number of benzene rings is 1. The molecule has 3 nitrogen and oxygen atoms in total. The van der Waals surface area contributed by atoms with Crippen LogP contribution in [0.4, 0.5) is 5.13 Å². The lowest BCUT2D eigenvalue weighted by atomic mass is 9.84. The van der Waals surface area contributed by atoms with Crippen molar-refractivity contribution in [3.63, 3.8) is 0 Å². The van der Waals surface area contributed by atoms with Crippen LogP contribution in [-0.2, 0) is 4.79 Å². The van der Waals surface area contributed by atoms with Gasteiger partial charge in [-0.2, -0.15) is 0 Å². The molecule has 0 radical (unpaired) electrons. The molecule has 1 aromatic carbocycles. The molecule has 0 aliphatic heterocycles. The largest absolute Gasteiger partial charge is 0.302 e. The Morgan fingerprint density at radius 2 is 2.14 bits per heavy atom. The molecule has 2 rings (SSSR count). The Balaban J connectivity index is 2.00. The van der Waals surface area contributed by atoms with E-state index < -0.39 is 0 Å². The molecule has 1 unspecified atom stereocenters. The minimum Gasteiger partial charge on any atom is -0.302 e. The van der Waals surface area contributed by atoms with Gasteiger partial charge < -0.3 is 5.32 Å². The van der Waals surface area contributed by atoms with Crippen molar-refractivity contribution in [2.75, 3.05) is 5.32 Å². The number of nitrogens with zero attached hydrogens (tertiary/aromatic N) is 1. The third-order valence-electron chi connectivity index (χ3n) is 3.11. The van der Waals surface area contributed by atoms with E-state index in [0.717, 1.165) is 16.6 Å². The maximum absolute atomic E-state index is 12.1. The number of rotatable bonds is 4. The number of anilines is 1. The Hall–Kier alpha value is -1.13. The van der Waals surface area contributed by atoms with E-state index in [1.165, 1.54) is 11.3 Å². The Kier molecular flexibility index (Phi) is 4.89. The lowest BCUT2D eigenvalue weighted by Crippen LogP contribution is -2.18. The van der Waals surface area contributed by atoms with Crippen molar-refractivity contribution in [1.29, 1.82) is 0 Å². The van der Waals surface area contributed by atoms with Gasteiger partial charge in [0.1, 0.15) is 5.52 Å². The number of aromatic nitrogens is 1. The van der Waals surface area contributed by atoms with E-state index in [1.54, 1.807) is 6.07 Å². The van der Waals surface area contributed by atoms with Gasteiger partial charge in [-0.05, 0) is 29.9 Å². The second kappa shape index (κ2) is 6.32. The van der Waals surface area contributed by atoms with Crippen molar-refractivity contribution < 1.29 is 4.79 Å². The summed E-state index contributed by atoms with van der Waals surface area (Å²) >= 11 is 7.55. The third-order valence-corrected chi connectivity index (χ3v) is 4.35. The zero-order valence-electron chi connectivity index (χ0n) is 12.9. The smallest absolute Gasteiger partial charge is 0.226 e. The maximum atomic E-state index is 12.1. The third kappa shape index (κ3) is 4.68. The summed E-state index contributed by atoms with van der Waals surface area (Å²) in [5.41, 5.74) is 0.991. The van der Waals surface area contributed by atoms with Gasteiger partial charge in [0.25, 0.3) is 0 Å². The molecule has 1 atom stereocenters. The molecule has 1 heterocycles. The quantitative estimate of drug-likeness (QED) is 0.823. The van der Waals surface area contributed by atoms with E-state index in [1.807, 2.05) is 12.1 Å². The van der Waals surface area contributed by atoms with E-state index in [0.29, 0.717) is 22.5 Å². The average molecular weight is 325 g/mol. The Labute approximate surface area is 134 Å². The summed E-state index contributed by atoms with van der Waals surface area (Å²) < 4.78 is 0.987. The molecule has 0 fully saturated rings. The maximum Gasteiger partial charge on any atom is 0.226 e. The van der Waals surface area contributed by atoms with Crippen molar-refractivity contribution in [3.05, 3.63) is 23.2 Å². The molecule has 0 spiro atoms. The van der Waals surface area contributed by atoms with Crippen LogP contribution in [-0.4, -0.2) is 10.9 Å². The highest BCUT2D eigenvalue weighted by Crippen LogP contribution is 2.31. The molecule has 0 bridgehead atoms. The summed E-state index contributed by atoms with van der Waals surface area (Å²) in [5.74, 6) is 0.366. The van der Waals surface area contributed by atoms with Crippen LogP contribution in [0, 0.1) is 11.3 Å². The fraction of sp³-hybridized carbons (Fsp3) is 0.500. The molecular weight excluding hydrogens is 304 g/mol. The molecule has 0 saturated carbocycles. The van der Waals surface area contributed by atoms with Gasteiger partial charge in [-0.1, -0.05) is 56.7 Å². The Bertz CT molecular complexity index is 645. The minimum atomic E-state index is 0.0157. The summed E-state index contributed by atoms with van der Waals surface area (Å²) in [7, 11) is 0. The number of amides is 1. The molecule has 5 heteroatoms. The fourth-order valence-corrected chi connectivity index (χ4v) is 3.75. The van der Waals surface area contributed by atoms with Crippen LogP contribution >= 0.6 is 22.9 Å². The molecule has 1 amide bonds. The second-order valence-electron chi connectivity index (χ2n) is 6.73. The summed E-state index contributed by atoms with van der Waals surface area (Å²) in [6.45, 7) is 8.69. The second-order valence-corrected chi connectivity index (χ2v) is 8.17. The number of hydrogen-bond acceptors (Lipinski definition) is 3. The van der Waals surface area contributed by atoms with Crippen LogP contribution in [0.5, 0.6) is 0 Å². The first-order valence-corrected chi connectivity index (χ1v) is 8.29. The zero-order valence-corrected chi connectivity index (χ0v) is 14.4. The number of carbonyl (C=O) groups excluding carboxylic acids is 1. The van der Waals surface area contributed by atoms with Crippen LogP contribution in [0.15, 0.2) is 18.2 Å². The lowest BCUT2D eigenvalue weighted by molar-refractivity contribution is -0.117. The normalized spacial score (nSPS) is 13.4. The monoisotopic (exact) mass is 324 g/mol. The summed E-state index contributed by atoms with van der Waals surface area (Å²) in [4.78, 5) is 16.5. The summed E-state index contributed by atoms with van der Waals surface area (Å²) in [5, 5.41) is 4.12. The molecule has 0 saturated heterocycles. The Morgan fingerprint density at radius 1 is 1.43 bits per heavy atom. The van der Waals surface area contributed by atoms with Crippen LogP contribution < -0.4 is 5.32 Å². The first-order valence-electron chi connectivity index (χ1n) is 7.09. The zero-order chi connectivity index (χ0) is 15.6. The van der Waals surface area contributed by atoms with Gasteiger partial charge in [0.2, 0.25) is 5.91 Å². The highest BCUT2D eigenvalue weighted by Gasteiger charge is 2.18. The van der Waals surface area contributed by atoms with Gasteiger partial charge in [0.05, 0.1) is 9.72 Å². The van der Waals surface area contributed by atoms with Crippen molar-refractivity contribution in [3.8, 4) is 0 Å². The molecule has 2 aromatic rings. The van der Waals surface area contributed by atoms with Gasteiger partial charge in [-0.25, -0.2) is 4.98 Å². The molecular formula is C16H21ClN2OS. The molecule has 1 aromatic heterocycles. The van der Waals surface area contributed by atoms with E-state index in [-0.39, 0.29) is 11.3 Å². The predicted molar refractivity (Wildman–Crippen MR) is 91.1 cm³/mol. The van der Waals surface area contributed by atoms with Crippen LogP contribution in [0.2, 0.25) is 5.02 Å². The van der Waals surface area contributed by atoms with E-state index in [2.05, 4.69) is 38.0 Å². The van der Waals surface area contributed by atoms with E-state index in [4.69, 9.17) is 11.6 Å². The fourth-order valence-electron chi connectivity index (χ4n) is 2.57.